The minimum absolute atomic E-state index is 0.226. The molecule has 0 aliphatic carbocycles. The first-order valence-electron chi connectivity index (χ1n) is 5.65. The van der Waals surface area contributed by atoms with E-state index in [9.17, 15) is 0 Å². The number of rotatable bonds is 5. The van der Waals surface area contributed by atoms with Crippen molar-refractivity contribution in [3.05, 3.63) is 0 Å². The standard InChI is InChI=1S/C10H15ClN4O3/c1-16-9-12-8(15-3-6-17-7-4-15)13-10(14-9)18-5-2-11/h2-7H2,1H3. The number of anilines is 1. The maximum absolute atomic E-state index is 5.56. The van der Waals surface area contributed by atoms with Gasteiger partial charge in [0.1, 0.15) is 6.61 Å². The zero-order chi connectivity index (χ0) is 12.8. The molecule has 0 aromatic carbocycles. The van der Waals surface area contributed by atoms with Gasteiger partial charge in [0.25, 0.3) is 0 Å². The van der Waals surface area contributed by atoms with Gasteiger partial charge in [0.05, 0.1) is 26.2 Å². The van der Waals surface area contributed by atoms with Crippen LogP contribution in [0, 0.1) is 0 Å². The van der Waals surface area contributed by atoms with Crippen molar-refractivity contribution in [1.29, 1.82) is 0 Å². The second-order valence-corrected chi connectivity index (χ2v) is 3.92. The molecule has 1 aromatic rings. The number of ether oxygens (including phenoxy) is 3. The van der Waals surface area contributed by atoms with Gasteiger partial charge in [-0.2, -0.15) is 9.97 Å². The van der Waals surface area contributed by atoms with E-state index in [0.717, 1.165) is 13.1 Å². The number of methoxy groups -OCH3 is 1. The molecule has 8 heteroatoms. The number of hydrogen-bond acceptors (Lipinski definition) is 7. The van der Waals surface area contributed by atoms with Crippen LogP contribution >= 0.6 is 11.6 Å². The summed E-state index contributed by atoms with van der Waals surface area (Å²) in [6.45, 7) is 3.14. The quantitative estimate of drug-likeness (QED) is 0.717. The number of alkyl halides is 1. The Kier molecular flexibility index (Phi) is 4.77. The van der Waals surface area contributed by atoms with E-state index in [0.29, 0.717) is 31.6 Å². The first kappa shape index (κ1) is 13.1. The molecule has 7 nitrogen and oxygen atoms in total. The second kappa shape index (κ2) is 6.55. The molecule has 1 fully saturated rings. The summed E-state index contributed by atoms with van der Waals surface area (Å²) >= 11 is 5.56. The fourth-order valence-corrected chi connectivity index (χ4v) is 1.60. The van der Waals surface area contributed by atoms with Crippen molar-refractivity contribution in [2.75, 3.05) is 50.8 Å². The Morgan fingerprint density at radius 1 is 1.22 bits per heavy atom. The van der Waals surface area contributed by atoms with Crippen LogP contribution in [-0.4, -0.2) is 60.9 Å². The van der Waals surface area contributed by atoms with Gasteiger partial charge < -0.3 is 19.1 Å². The molecule has 0 unspecified atom stereocenters. The molecule has 2 rings (SSSR count). The zero-order valence-corrected chi connectivity index (χ0v) is 10.9. The number of halogens is 1. The number of hydrogen-bond donors (Lipinski definition) is 0. The summed E-state index contributed by atoms with van der Waals surface area (Å²) in [5.74, 6) is 0.913. The Bertz CT molecular complexity index is 387. The molecule has 0 amide bonds. The Morgan fingerprint density at radius 2 is 1.94 bits per heavy atom. The molecule has 0 bridgehead atoms. The van der Waals surface area contributed by atoms with Crippen molar-refractivity contribution < 1.29 is 14.2 Å². The first-order valence-corrected chi connectivity index (χ1v) is 6.18. The van der Waals surface area contributed by atoms with Gasteiger partial charge in [-0.25, -0.2) is 0 Å². The van der Waals surface area contributed by atoms with Gasteiger partial charge in [0.15, 0.2) is 0 Å². The lowest BCUT2D eigenvalue weighted by Crippen LogP contribution is -2.37. The molecule has 1 aromatic heterocycles. The molecule has 2 heterocycles. The lowest BCUT2D eigenvalue weighted by molar-refractivity contribution is 0.121. The maximum atomic E-state index is 5.56. The predicted molar refractivity (Wildman–Crippen MR) is 65.6 cm³/mol. The topological polar surface area (TPSA) is 69.6 Å². The minimum atomic E-state index is 0.226. The Morgan fingerprint density at radius 3 is 2.61 bits per heavy atom. The molecule has 0 spiro atoms. The first-order chi connectivity index (χ1) is 8.83. The van der Waals surface area contributed by atoms with Gasteiger partial charge in [-0.15, -0.1) is 16.6 Å². The Labute approximate surface area is 110 Å². The smallest absolute Gasteiger partial charge is 0.324 e. The van der Waals surface area contributed by atoms with Crippen molar-refractivity contribution in [3.63, 3.8) is 0 Å². The SMILES string of the molecule is COc1nc(OCCCl)nc(N2CCOCC2)n1. The summed E-state index contributed by atoms with van der Waals surface area (Å²) < 4.78 is 15.6. The average molecular weight is 275 g/mol. The van der Waals surface area contributed by atoms with Crippen LogP contribution in [0.25, 0.3) is 0 Å². The molecular formula is C10H15ClN4O3. The third-order valence-electron chi connectivity index (χ3n) is 2.37. The molecule has 0 radical (unpaired) electrons. The highest BCUT2D eigenvalue weighted by atomic mass is 35.5. The summed E-state index contributed by atoms with van der Waals surface area (Å²) in [5.41, 5.74) is 0. The third kappa shape index (κ3) is 3.33. The Balaban J connectivity index is 2.16. The van der Waals surface area contributed by atoms with Crippen LogP contribution in [0.5, 0.6) is 12.0 Å². The highest BCUT2D eigenvalue weighted by molar-refractivity contribution is 6.17. The number of aromatic nitrogens is 3. The van der Waals surface area contributed by atoms with E-state index < -0.39 is 0 Å². The number of nitrogens with zero attached hydrogens (tertiary/aromatic N) is 4. The van der Waals surface area contributed by atoms with E-state index in [1.165, 1.54) is 7.11 Å². The summed E-state index contributed by atoms with van der Waals surface area (Å²) in [5, 5.41) is 0. The van der Waals surface area contributed by atoms with E-state index in [4.69, 9.17) is 25.8 Å². The third-order valence-corrected chi connectivity index (χ3v) is 2.52. The van der Waals surface area contributed by atoms with Crippen molar-refractivity contribution in [1.82, 2.24) is 15.0 Å². The number of morpholine rings is 1. The van der Waals surface area contributed by atoms with Crippen molar-refractivity contribution in [3.8, 4) is 12.0 Å². The van der Waals surface area contributed by atoms with Crippen LogP contribution in [0.2, 0.25) is 0 Å². The van der Waals surface area contributed by atoms with Crippen LogP contribution in [-0.2, 0) is 4.74 Å². The van der Waals surface area contributed by atoms with Crippen LogP contribution in [0.3, 0.4) is 0 Å². The van der Waals surface area contributed by atoms with Crippen LogP contribution < -0.4 is 14.4 Å². The van der Waals surface area contributed by atoms with Gasteiger partial charge in [0.2, 0.25) is 5.95 Å². The van der Waals surface area contributed by atoms with Crippen LogP contribution in [0.15, 0.2) is 0 Å². The van der Waals surface area contributed by atoms with E-state index in [1.54, 1.807) is 0 Å². The van der Waals surface area contributed by atoms with Crippen molar-refractivity contribution >= 4 is 17.5 Å². The molecule has 1 aliphatic rings. The zero-order valence-electron chi connectivity index (χ0n) is 10.1. The average Bonchev–Trinajstić information content (AvgIpc) is 2.45. The fraction of sp³-hybridized carbons (Fsp3) is 0.700. The van der Waals surface area contributed by atoms with Gasteiger partial charge >= 0.3 is 12.0 Å². The molecule has 1 aliphatic heterocycles. The summed E-state index contributed by atoms with van der Waals surface area (Å²) in [6, 6.07) is 0.458. The minimum Gasteiger partial charge on any atom is -0.467 e. The van der Waals surface area contributed by atoms with Gasteiger partial charge in [-0.3, -0.25) is 0 Å². The lowest BCUT2D eigenvalue weighted by Gasteiger charge is -2.26. The highest BCUT2D eigenvalue weighted by Gasteiger charge is 2.17. The molecule has 1 saturated heterocycles. The Hall–Kier alpha value is -1.34. The van der Waals surface area contributed by atoms with Crippen molar-refractivity contribution in [2.24, 2.45) is 0 Å². The van der Waals surface area contributed by atoms with E-state index in [1.807, 2.05) is 4.90 Å². The monoisotopic (exact) mass is 274 g/mol. The van der Waals surface area contributed by atoms with Crippen LogP contribution in [0.1, 0.15) is 0 Å². The molecule has 0 atom stereocenters. The summed E-state index contributed by atoms with van der Waals surface area (Å²) in [7, 11) is 1.50. The normalized spacial score (nSPS) is 15.6. The van der Waals surface area contributed by atoms with Gasteiger partial charge in [0, 0.05) is 13.1 Å². The lowest BCUT2D eigenvalue weighted by atomic mass is 10.4. The summed E-state index contributed by atoms with van der Waals surface area (Å²) in [4.78, 5) is 14.4. The molecule has 0 saturated carbocycles. The van der Waals surface area contributed by atoms with E-state index in [2.05, 4.69) is 15.0 Å². The van der Waals surface area contributed by atoms with E-state index in [-0.39, 0.29) is 12.0 Å². The second-order valence-electron chi connectivity index (χ2n) is 3.54. The predicted octanol–water partition coefficient (Wildman–Crippen LogP) is 0.334. The van der Waals surface area contributed by atoms with Gasteiger partial charge in [-0.1, -0.05) is 0 Å². The van der Waals surface area contributed by atoms with E-state index >= 15 is 0 Å². The molecule has 0 N–H and O–H groups in total. The van der Waals surface area contributed by atoms with Crippen molar-refractivity contribution in [2.45, 2.75) is 0 Å². The van der Waals surface area contributed by atoms with Gasteiger partial charge in [-0.05, 0) is 0 Å². The highest BCUT2D eigenvalue weighted by Crippen LogP contribution is 2.17. The maximum Gasteiger partial charge on any atom is 0.324 e. The largest absolute Gasteiger partial charge is 0.467 e. The molecule has 18 heavy (non-hydrogen) atoms. The molecule has 100 valence electrons. The molecular weight excluding hydrogens is 260 g/mol. The summed E-state index contributed by atoms with van der Waals surface area (Å²) in [6.07, 6.45) is 0. The fourth-order valence-electron chi connectivity index (χ4n) is 1.52. The van der Waals surface area contributed by atoms with Crippen LogP contribution in [0.4, 0.5) is 5.95 Å².